The van der Waals surface area contributed by atoms with Crippen LogP contribution in [0.4, 0.5) is 11.4 Å². The number of nitro groups is 1. The van der Waals surface area contributed by atoms with Crippen molar-refractivity contribution in [1.29, 1.82) is 0 Å². The minimum Gasteiger partial charge on any atom is -0.452 e. The smallest absolute Gasteiger partial charge is 0.317 e. The largest absolute Gasteiger partial charge is 0.452 e. The molecule has 8 heteroatoms. The molecular formula is C19H20N2O5S. The molecule has 7 nitrogen and oxygen atoms in total. The Kier molecular flexibility index (Phi) is 7.36. The molecule has 1 amide bonds. The van der Waals surface area contributed by atoms with Gasteiger partial charge in [0, 0.05) is 29.3 Å². The molecule has 142 valence electrons. The van der Waals surface area contributed by atoms with Crippen LogP contribution in [0.15, 0.2) is 59.5 Å². The molecule has 0 bridgehead atoms. The van der Waals surface area contributed by atoms with E-state index < -0.39 is 17.0 Å². The minimum absolute atomic E-state index is 0.00684. The fraction of sp³-hybridized carbons (Fsp3) is 0.263. The molecule has 0 heterocycles. The van der Waals surface area contributed by atoms with Crippen LogP contribution in [0.3, 0.4) is 0 Å². The summed E-state index contributed by atoms with van der Waals surface area (Å²) in [6.45, 7) is 3.86. The van der Waals surface area contributed by atoms with Crippen molar-refractivity contribution >= 4 is 35.0 Å². The van der Waals surface area contributed by atoms with E-state index in [2.05, 4.69) is 0 Å². The number of carbonyl (C=O) groups excluding carboxylic acids is 2. The average Bonchev–Trinajstić information content (AvgIpc) is 2.68. The van der Waals surface area contributed by atoms with Gasteiger partial charge in [0.2, 0.25) is 0 Å². The number of hydrogen-bond donors (Lipinski definition) is 0. The number of rotatable bonds is 8. The number of benzene rings is 2. The second-order valence-electron chi connectivity index (χ2n) is 5.59. The normalized spacial score (nSPS) is 11.5. The summed E-state index contributed by atoms with van der Waals surface area (Å²) in [7, 11) is 0. The molecular weight excluding hydrogens is 368 g/mol. The summed E-state index contributed by atoms with van der Waals surface area (Å²) in [5.74, 6) is -0.812. The molecule has 0 unspecified atom stereocenters. The van der Waals surface area contributed by atoms with Gasteiger partial charge >= 0.3 is 5.97 Å². The van der Waals surface area contributed by atoms with Gasteiger partial charge < -0.3 is 9.64 Å². The second kappa shape index (κ2) is 9.72. The van der Waals surface area contributed by atoms with Crippen molar-refractivity contribution in [3.05, 3.63) is 64.7 Å². The van der Waals surface area contributed by atoms with Crippen LogP contribution in [0.25, 0.3) is 0 Å². The van der Waals surface area contributed by atoms with Gasteiger partial charge in [0.1, 0.15) is 0 Å². The summed E-state index contributed by atoms with van der Waals surface area (Å²) >= 11 is 1.19. The zero-order chi connectivity index (χ0) is 19.8. The number of nitro benzene ring substituents is 1. The molecule has 0 saturated carbocycles. The summed E-state index contributed by atoms with van der Waals surface area (Å²) in [6, 6.07) is 15.1. The van der Waals surface area contributed by atoms with Gasteiger partial charge in [0.25, 0.3) is 11.6 Å². The maximum Gasteiger partial charge on any atom is 0.317 e. The molecule has 27 heavy (non-hydrogen) atoms. The minimum atomic E-state index is -0.907. The highest BCUT2D eigenvalue weighted by Crippen LogP contribution is 2.22. The lowest BCUT2D eigenvalue weighted by atomic mass is 10.2. The molecule has 0 aliphatic heterocycles. The first-order valence-electron chi connectivity index (χ1n) is 8.35. The molecule has 0 aliphatic carbocycles. The van der Waals surface area contributed by atoms with Crippen LogP contribution in [0, 0.1) is 10.1 Å². The van der Waals surface area contributed by atoms with Crippen molar-refractivity contribution in [1.82, 2.24) is 0 Å². The third-order valence-corrected chi connectivity index (χ3v) is 4.70. The number of nitrogens with zero attached hydrogens (tertiary/aromatic N) is 2. The highest BCUT2D eigenvalue weighted by Gasteiger charge is 2.24. The van der Waals surface area contributed by atoms with E-state index in [4.69, 9.17) is 4.74 Å². The van der Waals surface area contributed by atoms with Gasteiger partial charge in [-0.15, -0.1) is 11.8 Å². The number of carbonyl (C=O) groups is 2. The Morgan fingerprint density at radius 1 is 1.15 bits per heavy atom. The van der Waals surface area contributed by atoms with Gasteiger partial charge in [0.15, 0.2) is 6.10 Å². The zero-order valence-corrected chi connectivity index (χ0v) is 15.8. The molecule has 0 aromatic heterocycles. The first-order valence-corrected chi connectivity index (χ1v) is 9.34. The Morgan fingerprint density at radius 3 is 2.33 bits per heavy atom. The molecule has 0 N–H and O–H groups in total. The standard InChI is InChI=1S/C19H20N2O5S/c1-3-20(15-7-5-4-6-8-15)19(23)14(2)26-18(22)13-27-17-11-9-16(10-12-17)21(24)25/h4-12,14H,3,13H2,1-2H3/t14-/m1/s1. The van der Waals surface area contributed by atoms with Crippen molar-refractivity contribution in [2.45, 2.75) is 24.8 Å². The summed E-state index contributed by atoms with van der Waals surface area (Å²) < 4.78 is 5.24. The number of para-hydroxylation sites is 1. The zero-order valence-electron chi connectivity index (χ0n) is 15.0. The molecule has 0 radical (unpaired) electrons. The first kappa shape index (κ1) is 20.4. The monoisotopic (exact) mass is 388 g/mol. The van der Waals surface area contributed by atoms with E-state index in [1.807, 2.05) is 37.3 Å². The Balaban J connectivity index is 1.88. The number of non-ortho nitro benzene ring substituents is 1. The molecule has 0 aliphatic rings. The Labute approximate surface area is 161 Å². The summed E-state index contributed by atoms with van der Waals surface area (Å²) in [5.41, 5.74) is 0.731. The molecule has 0 spiro atoms. The van der Waals surface area contributed by atoms with Crippen LogP contribution in [-0.4, -0.2) is 35.2 Å². The molecule has 0 saturated heterocycles. The Hall–Kier alpha value is -2.87. The number of thioether (sulfide) groups is 1. The van der Waals surface area contributed by atoms with E-state index in [-0.39, 0.29) is 17.3 Å². The van der Waals surface area contributed by atoms with Crippen molar-refractivity contribution < 1.29 is 19.2 Å². The van der Waals surface area contributed by atoms with Gasteiger partial charge in [0.05, 0.1) is 10.7 Å². The maximum atomic E-state index is 12.6. The van der Waals surface area contributed by atoms with Crippen LogP contribution in [0.5, 0.6) is 0 Å². The van der Waals surface area contributed by atoms with Crippen LogP contribution in [0.2, 0.25) is 0 Å². The maximum absolute atomic E-state index is 12.6. The van der Waals surface area contributed by atoms with Crippen molar-refractivity contribution in [2.75, 3.05) is 17.2 Å². The SMILES string of the molecule is CCN(C(=O)[C@@H](C)OC(=O)CSc1ccc([N+](=O)[O-])cc1)c1ccccc1. The number of anilines is 1. The summed E-state index contributed by atoms with van der Waals surface area (Å²) in [4.78, 5) is 37.0. The molecule has 2 aromatic carbocycles. The molecule has 2 aromatic rings. The predicted octanol–water partition coefficient (Wildman–Crippen LogP) is 3.67. The lowest BCUT2D eigenvalue weighted by Crippen LogP contribution is -2.40. The van der Waals surface area contributed by atoms with Gasteiger partial charge in [-0.25, -0.2) is 0 Å². The summed E-state index contributed by atoms with van der Waals surface area (Å²) in [5, 5.41) is 10.6. The first-order chi connectivity index (χ1) is 12.9. The number of likely N-dealkylation sites (N-methyl/N-ethyl adjacent to an activating group) is 1. The van der Waals surface area contributed by atoms with Crippen LogP contribution < -0.4 is 4.90 Å². The van der Waals surface area contributed by atoms with Crippen molar-refractivity contribution in [3.8, 4) is 0 Å². The van der Waals surface area contributed by atoms with Crippen molar-refractivity contribution in [3.63, 3.8) is 0 Å². The number of amides is 1. The Morgan fingerprint density at radius 2 is 1.78 bits per heavy atom. The molecule has 2 rings (SSSR count). The van der Waals surface area contributed by atoms with Crippen LogP contribution in [0.1, 0.15) is 13.8 Å². The number of ether oxygens (including phenoxy) is 1. The fourth-order valence-electron chi connectivity index (χ4n) is 2.38. The highest BCUT2D eigenvalue weighted by atomic mass is 32.2. The van der Waals surface area contributed by atoms with E-state index in [0.29, 0.717) is 11.4 Å². The number of esters is 1. The van der Waals surface area contributed by atoms with Crippen molar-refractivity contribution in [2.24, 2.45) is 0 Å². The second-order valence-corrected chi connectivity index (χ2v) is 6.64. The van der Waals surface area contributed by atoms with Gasteiger partial charge in [-0.05, 0) is 38.1 Å². The Bertz CT molecular complexity index is 796. The third kappa shape index (κ3) is 5.82. The number of hydrogen-bond acceptors (Lipinski definition) is 6. The predicted molar refractivity (Wildman–Crippen MR) is 104 cm³/mol. The molecule has 1 atom stereocenters. The van der Waals surface area contributed by atoms with Gasteiger partial charge in [-0.1, -0.05) is 18.2 Å². The van der Waals surface area contributed by atoms with Gasteiger partial charge in [-0.2, -0.15) is 0 Å². The highest BCUT2D eigenvalue weighted by molar-refractivity contribution is 8.00. The lowest BCUT2D eigenvalue weighted by molar-refractivity contribution is -0.384. The average molecular weight is 388 g/mol. The van der Waals surface area contributed by atoms with E-state index in [9.17, 15) is 19.7 Å². The van der Waals surface area contributed by atoms with E-state index in [0.717, 1.165) is 5.69 Å². The lowest BCUT2D eigenvalue weighted by Gasteiger charge is -2.24. The van der Waals surface area contributed by atoms with Crippen LogP contribution in [-0.2, 0) is 14.3 Å². The topological polar surface area (TPSA) is 89.8 Å². The third-order valence-electron chi connectivity index (χ3n) is 3.71. The van der Waals surface area contributed by atoms with Gasteiger partial charge in [-0.3, -0.25) is 19.7 Å². The van der Waals surface area contributed by atoms with E-state index in [1.165, 1.54) is 23.9 Å². The van der Waals surface area contributed by atoms with Crippen LogP contribution >= 0.6 is 11.8 Å². The van der Waals surface area contributed by atoms with E-state index >= 15 is 0 Å². The quantitative estimate of drug-likeness (QED) is 0.297. The molecule has 0 fully saturated rings. The van der Waals surface area contributed by atoms with E-state index in [1.54, 1.807) is 24.0 Å². The fourth-order valence-corrected chi connectivity index (χ4v) is 3.06. The summed E-state index contributed by atoms with van der Waals surface area (Å²) in [6.07, 6.45) is -0.907.